The summed E-state index contributed by atoms with van der Waals surface area (Å²) in [5, 5.41) is 0. The zero-order valence-corrected chi connectivity index (χ0v) is 20.8. The summed E-state index contributed by atoms with van der Waals surface area (Å²) >= 11 is 0. The Morgan fingerprint density at radius 1 is 0.946 bits per heavy atom. The average Bonchev–Trinajstić information content (AvgIpc) is 2.80. The minimum atomic E-state index is -5.97. The number of hydrogen-bond acceptors (Lipinski definition) is 5. The lowest BCUT2D eigenvalue weighted by Crippen LogP contribution is -2.53. The van der Waals surface area contributed by atoms with E-state index in [2.05, 4.69) is 4.18 Å². The Morgan fingerprint density at radius 2 is 1.54 bits per heavy atom. The number of rotatable bonds is 8. The molecule has 0 radical (unpaired) electrons. The summed E-state index contributed by atoms with van der Waals surface area (Å²) in [6.45, 7) is 0.605. The molecule has 1 aromatic rings. The summed E-state index contributed by atoms with van der Waals surface area (Å²) in [6.07, 6.45) is 2.82. The van der Waals surface area contributed by atoms with Gasteiger partial charge in [0.25, 0.3) is 0 Å². The van der Waals surface area contributed by atoms with Crippen LogP contribution in [0, 0.1) is 11.3 Å². The highest BCUT2D eigenvalue weighted by Gasteiger charge is 2.58. The van der Waals surface area contributed by atoms with Gasteiger partial charge in [0.1, 0.15) is 0 Å². The van der Waals surface area contributed by atoms with E-state index in [0.717, 1.165) is 17.7 Å². The van der Waals surface area contributed by atoms with Crippen LogP contribution in [0.5, 0.6) is 0 Å². The van der Waals surface area contributed by atoms with Gasteiger partial charge >= 0.3 is 21.8 Å². The van der Waals surface area contributed by atoms with Gasteiger partial charge in [0.2, 0.25) is 5.79 Å². The predicted octanol–water partition coefficient (Wildman–Crippen LogP) is 5.92. The van der Waals surface area contributed by atoms with Crippen LogP contribution < -0.4 is 0 Å². The Balaban J connectivity index is 1.40. The first-order valence-corrected chi connectivity index (χ1v) is 13.5. The molecule has 0 amide bonds. The first-order valence-electron chi connectivity index (χ1n) is 12.1. The fourth-order valence-corrected chi connectivity index (χ4v) is 5.61. The van der Waals surface area contributed by atoms with Gasteiger partial charge in [-0.25, -0.2) is 4.18 Å². The molecule has 0 bridgehead atoms. The van der Waals surface area contributed by atoms with Crippen molar-refractivity contribution in [1.29, 1.82) is 0 Å². The lowest BCUT2D eigenvalue weighted by Gasteiger charge is -2.47. The Kier molecular flexibility index (Phi) is 7.87. The SMILES string of the molecule is O=S(=O)(OC1(OCC2CCN(CC3(C(F)(F)F)CCC3)CC2)C=CC(c2ccccc2)C=C1)C(F)(F)F. The van der Waals surface area contributed by atoms with E-state index in [4.69, 9.17) is 4.74 Å². The molecule has 1 aliphatic heterocycles. The van der Waals surface area contributed by atoms with Gasteiger partial charge in [-0.3, -0.25) is 0 Å². The molecule has 2 aliphatic carbocycles. The Bertz CT molecular complexity index is 1070. The van der Waals surface area contributed by atoms with Gasteiger partial charge in [0.05, 0.1) is 12.0 Å². The third-order valence-electron chi connectivity index (χ3n) is 7.47. The van der Waals surface area contributed by atoms with Crippen LogP contribution in [0.3, 0.4) is 0 Å². The highest BCUT2D eigenvalue weighted by molar-refractivity contribution is 7.87. The molecule has 1 aromatic carbocycles. The van der Waals surface area contributed by atoms with Crippen molar-refractivity contribution in [2.24, 2.45) is 11.3 Å². The number of allylic oxidation sites excluding steroid dienone is 2. The summed E-state index contributed by atoms with van der Waals surface area (Å²) in [5.41, 5.74) is -6.45. The van der Waals surface area contributed by atoms with E-state index in [9.17, 15) is 34.8 Å². The first kappa shape index (κ1) is 28.1. The number of nitrogens with zero attached hydrogens (tertiary/aromatic N) is 1. The van der Waals surface area contributed by atoms with Crippen molar-refractivity contribution in [3.05, 3.63) is 60.2 Å². The molecule has 1 heterocycles. The number of hydrogen-bond donors (Lipinski definition) is 0. The third-order valence-corrected chi connectivity index (χ3v) is 8.52. The zero-order chi connectivity index (χ0) is 27.0. The standard InChI is InChI=1S/C25H29F6NO4S/c26-24(27,28)22(11-4-12-22)18-32-15-9-19(10-16-32)17-35-23(36-37(33,34)25(29,30)31)13-7-21(8-14-23)20-5-2-1-3-6-20/h1-3,5-8,13-14,19,21H,4,9-12,15-18H2. The first-order chi connectivity index (χ1) is 17.2. The van der Waals surface area contributed by atoms with Gasteiger partial charge in [-0.1, -0.05) is 48.9 Å². The Hall–Kier alpha value is -1.89. The maximum Gasteiger partial charge on any atom is 0.523 e. The molecule has 0 spiro atoms. The predicted molar refractivity (Wildman–Crippen MR) is 124 cm³/mol. The van der Waals surface area contributed by atoms with E-state index < -0.39 is 33.0 Å². The molecule has 1 saturated carbocycles. The molecule has 0 N–H and O–H groups in total. The van der Waals surface area contributed by atoms with Crippen molar-refractivity contribution in [3.8, 4) is 0 Å². The lowest BCUT2D eigenvalue weighted by molar-refractivity contribution is -0.256. The highest BCUT2D eigenvalue weighted by atomic mass is 32.2. The van der Waals surface area contributed by atoms with Crippen molar-refractivity contribution >= 4 is 10.1 Å². The van der Waals surface area contributed by atoms with Gasteiger partial charge in [-0.2, -0.15) is 34.8 Å². The van der Waals surface area contributed by atoms with Crippen LogP contribution in [-0.2, 0) is 19.0 Å². The summed E-state index contributed by atoms with van der Waals surface area (Å²) in [6, 6.07) is 9.05. The molecule has 3 aliphatic rings. The second-order valence-corrected chi connectivity index (χ2v) is 11.6. The average molecular weight is 554 g/mol. The smallest absolute Gasteiger partial charge is 0.342 e. The van der Waals surface area contributed by atoms with E-state index in [1.165, 1.54) is 12.2 Å². The second-order valence-electron chi connectivity index (χ2n) is 10.0. The van der Waals surface area contributed by atoms with Crippen LogP contribution in [-0.4, -0.2) is 57.0 Å². The summed E-state index contributed by atoms with van der Waals surface area (Å²) in [4.78, 5) is 1.77. The molecular formula is C25H29F6NO4S. The molecule has 0 atom stereocenters. The summed E-state index contributed by atoms with van der Waals surface area (Å²) in [5.74, 6) is -2.77. The maximum absolute atomic E-state index is 13.5. The van der Waals surface area contributed by atoms with E-state index in [0.29, 0.717) is 32.4 Å². The van der Waals surface area contributed by atoms with Crippen molar-refractivity contribution in [3.63, 3.8) is 0 Å². The van der Waals surface area contributed by atoms with Crippen LogP contribution >= 0.6 is 0 Å². The molecular weight excluding hydrogens is 524 g/mol. The lowest BCUT2D eigenvalue weighted by atomic mass is 9.67. The quantitative estimate of drug-likeness (QED) is 0.132. The van der Waals surface area contributed by atoms with Crippen molar-refractivity contribution in [2.45, 2.75) is 55.5 Å². The number of piperidine rings is 1. The number of likely N-dealkylation sites (tertiary alicyclic amines) is 1. The topological polar surface area (TPSA) is 55.8 Å². The van der Waals surface area contributed by atoms with Gasteiger partial charge in [0.15, 0.2) is 0 Å². The van der Waals surface area contributed by atoms with Gasteiger partial charge < -0.3 is 9.64 Å². The van der Waals surface area contributed by atoms with E-state index in [1.807, 2.05) is 18.2 Å². The maximum atomic E-state index is 13.5. The third kappa shape index (κ3) is 6.23. The summed E-state index contributed by atoms with van der Waals surface area (Å²) in [7, 11) is -5.97. The minimum absolute atomic E-state index is 0.0622. The molecule has 0 aromatic heterocycles. The normalized spacial score (nSPS) is 27.2. The van der Waals surface area contributed by atoms with Crippen LogP contribution in [0.4, 0.5) is 26.3 Å². The number of alkyl halides is 6. The van der Waals surface area contributed by atoms with Gasteiger partial charge in [0, 0.05) is 12.5 Å². The fourth-order valence-electron chi connectivity index (χ4n) is 5.01. The fraction of sp³-hybridized carbons (Fsp3) is 0.600. The van der Waals surface area contributed by atoms with Crippen LogP contribution in [0.1, 0.15) is 43.6 Å². The largest absolute Gasteiger partial charge is 0.523 e. The number of halogens is 6. The van der Waals surface area contributed by atoms with Crippen LogP contribution in [0.2, 0.25) is 0 Å². The van der Waals surface area contributed by atoms with Crippen molar-refractivity contribution in [1.82, 2.24) is 4.90 Å². The minimum Gasteiger partial charge on any atom is -0.342 e. The van der Waals surface area contributed by atoms with Crippen LogP contribution in [0.15, 0.2) is 54.6 Å². The molecule has 37 heavy (non-hydrogen) atoms. The molecule has 4 rings (SSSR count). The van der Waals surface area contributed by atoms with E-state index in [1.54, 1.807) is 17.0 Å². The van der Waals surface area contributed by atoms with Crippen molar-refractivity contribution in [2.75, 3.05) is 26.2 Å². The second kappa shape index (κ2) is 10.3. The molecule has 0 unspecified atom stereocenters. The monoisotopic (exact) mass is 553 g/mol. The van der Waals surface area contributed by atoms with E-state index in [-0.39, 0.29) is 37.8 Å². The highest BCUT2D eigenvalue weighted by Crippen LogP contribution is 2.53. The molecule has 1 saturated heterocycles. The molecule has 12 heteroatoms. The Morgan fingerprint density at radius 3 is 2.03 bits per heavy atom. The number of benzene rings is 1. The van der Waals surface area contributed by atoms with E-state index >= 15 is 0 Å². The molecule has 2 fully saturated rings. The molecule has 5 nitrogen and oxygen atoms in total. The molecule has 206 valence electrons. The summed E-state index contributed by atoms with van der Waals surface area (Å²) < 4.78 is 114. The van der Waals surface area contributed by atoms with Crippen LogP contribution in [0.25, 0.3) is 0 Å². The zero-order valence-electron chi connectivity index (χ0n) is 20.0. The Labute approximate surface area is 212 Å². The van der Waals surface area contributed by atoms with Crippen molar-refractivity contribution < 1.29 is 43.7 Å². The van der Waals surface area contributed by atoms with Gasteiger partial charge in [-0.15, -0.1) is 0 Å². The van der Waals surface area contributed by atoms with Gasteiger partial charge in [-0.05, 0) is 62.4 Å². The number of ether oxygens (including phenoxy) is 1.